The highest BCUT2D eigenvalue weighted by Gasteiger charge is 2.53. The van der Waals surface area contributed by atoms with Gasteiger partial charge in [0.1, 0.15) is 17.7 Å². The Balaban J connectivity index is 1.49. The van der Waals surface area contributed by atoms with Crippen molar-refractivity contribution in [1.29, 1.82) is 0 Å². The number of likely N-dealkylation sites (tertiary alicyclic amines) is 2. The molecule has 8 heteroatoms. The first-order chi connectivity index (χ1) is 14.0. The van der Waals surface area contributed by atoms with E-state index in [-0.39, 0.29) is 23.6 Å². The van der Waals surface area contributed by atoms with Crippen molar-refractivity contribution in [2.45, 2.75) is 18.7 Å². The Hall–Kier alpha value is -3.00. The topological polar surface area (TPSA) is 61.9 Å². The van der Waals surface area contributed by atoms with Crippen LogP contribution >= 0.6 is 0 Å². The van der Waals surface area contributed by atoms with Crippen molar-refractivity contribution >= 4 is 17.6 Å². The number of hydrogen-bond acceptors (Lipinski definition) is 3. The lowest BCUT2D eigenvalue weighted by molar-refractivity contribution is -0.138. The molecule has 2 saturated heterocycles. The van der Waals surface area contributed by atoms with E-state index in [0.29, 0.717) is 19.6 Å². The van der Waals surface area contributed by atoms with Crippen molar-refractivity contribution in [3.05, 3.63) is 65.7 Å². The zero-order valence-electron chi connectivity index (χ0n) is 15.8. The molecule has 0 bridgehead atoms. The van der Waals surface area contributed by atoms with Gasteiger partial charge in [-0.1, -0.05) is 30.3 Å². The molecule has 0 unspecified atom stereocenters. The van der Waals surface area contributed by atoms with E-state index in [1.807, 2.05) is 30.3 Å². The molecule has 0 spiro atoms. The van der Waals surface area contributed by atoms with Crippen LogP contribution in [0.25, 0.3) is 0 Å². The van der Waals surface area contributed by atoms with E-state index in [1.165, 1.54) is 7.11 Å². The summed E-state index contributed by atoms with van der Waals surface area (Å²) < 4.78 is 32.2. The lowest BCUT2D eigenvalue weighted by atomic mass is 10.0. The normalized spacial score (nSPS) is 23.4. The van der Waals surface area contributed by atoms with Gasteiger partial charge in [-0.25, -0.2) is 13.6 Å². The summed E-state index contributed by atoms with van der Waals surface area (Å²) in [6, 6.07) is 11.8. The number of ether oxygens (including phenoxy) is 1. The second kappa shape index (κ2) is 7.79. The molecule has 2 fully saturated rings. The number of fused-ring (bicyclic) bond motifs is 1. The quantitative estimate of drug-likeness (QED) is 0.857. The second-order valence-electron chi connectivity index (χ2n) is 7.33. The van der Waals surface area contributed by atoms with Gasteiger partial charge in [-0.2, -0.15) is 0 Å². The second-order valence-corrected chi connectivity index (χ2v) is 7.33. The average molecular weight is 401 g/mol. The molecule has 2 aromatic rings. The number of carbonyl (C=O) groups excluding carboxylic acids is 2. The Morgan fingerprint density at radius 1 is 1.14 bits per heavy atom. The summed E-state index contributed by atoms with van der Waals surface area (Å²) in [4.78, 5) is 28.7. The van der Waals surface area contributed by atoms with Crippen molar-refractivity contribution in [3.8, 4) is 0 Å². The predicted molar refractivity (Wildman–Crippen MR) is 102 cm³/mol. The first-order valence-electron chi connectivity index (χ1n) is 9.35. The first-order valence-corrected chi connectivity index (χ1v) is 9.35. The van der Waals surface area contributed by atoms with E-state index < -0.39 is 23.8 Å². The van der Waals surface area contributed by atoms with Gasteiger partial charge in [0.05, 0.1) is 6.04 Å². The van der Waals surface area contributed by atoms with Gasteiger partial charge in [0.25, 0.3) is 5.91 Å². The van der Waals surface area contributed by atoms with Crippen LogP contribution in [0.5, 0.6) is 0 Å². The summed E-state index contributed by atoms with van der Waals surface area (Å²) in [6.45, 7) is 1.09. The van der Waals surface area contributed by atoms with E-state index in [0.717, 1.165) is 23.8 Å². The molecule has 2 aliphatic rings. The zero-order valence-corrected chi connectivity index (χ0v) is 15.8. The lowest BCUT2D eigenvalue weighted by Gasteiger charge is -2.25. The number of benzene rings is 2. The molecule has 2 aromatic carbocycles. The van der Waals surface area contributed by atoms with Crippen LogP contribution in [0, 0.1) is 17.6 Å². The molecule has 4 rings (SSSR count). The number of methoxy groups -OCH3 is 1. The molecule has 152 valence electrons. The van der Waals surface area contributed by atoms with Crippen molar-refractivity contribution in [3.63, 3.8) is 0 Å². The molecule has 2 heterocycles. The molecule has 3 amide bonds. The maximum Gasteiger partial charge on any atom is 0.321 e. The van der Waals surface area contributed by atoms with E-state index in [4.69, 9.17) is 4.74 Å². The van der Waals surface area contributed by atoms with Crippen molar-refractivity contribution in [2.24, 2.45) is 5.92 Å². The Kier molecular flexibility index (Phi) is 5.19. The minimum absolute atomic E-state index is 0.0464. The first kappa shape index (κ1) is 19.3. The van der Waals surface area contributed by atoms with Crippen LogP contribution in [0.15, 0.2) is 48.5 Å². The molecule has 1 N–H and O–H groups in total. The number of carbonyl (C=O) groups is 2. The minimum Gasteiger partial charge on any atom is -0.371 e. The highest BCUT2D eigenvalue weighted by molar-refractivity contribution is 5.90. The van der Waals surface area contributed by atoms with Crippen LogP contribution < -0.4 is 5.32 Å². The number of nitrogens with zero attached hydrogens (tertiary/aromatic N) is 2. The largest absolute Gasteiger partial charge is 0.371 e. The number of rotatable bonds is 4. The summed E-state index contributed by atoms with van der Waals surface area (Å²) in [5.41, 5.74) is 1.04. The highest BCUT2D eigenvalue weighted by Crippen LogP contribution is 2.35. The molecule has 0 saturated carbocycles. The molecule has 3 atom stereocenters. The summed E-state index contributed by atoms with van der Waals surface area (Å²) in [6.07, 6.45) is -0.617. The minimum atomic E-state index is -0.766. The van der Waals surface area contributed by atoms with Gasteiger partial charge in [0.2, 0.25) is 0 Å². The third-order valence-corrected chi connectivity index (χ3v) is 5.50. The molecule has 29 heavy (non-hydrogen) atoms. The van der Waals surface area contributed by atoms with Gasteiger partial charge >= 0.3 is 6.03 Å². The number of amides is 3. The number of halogens is 2. The summed E-state index contributed by atoms with van der Waals surface area (Å²) in [5.74, 6) is -1.78. The van der Waals surface area contributed by atoms with Crippen molar-refractivity contribution in [1.82, 2.24) is 9.80 Å². The van der Waals surface area contributed by atoms with Crippen LogP contribution in [-0.4, -0.2) is 54.1 Å². The fraction of sp³-hybridized carbons (Fsp3) is 0.333. The zero-order chi connectivity index (χ0) is 20.5. The monoisotopic (exact) mass is 401 g/mol. The fourth-order valence-electron chi connectivity index (χ4n) is 4.19. The molecular weight excluding hydrogens is 380 g/mol. The van der Waals surface area contributed by atoms with Crippen LogP contribution in [0.2, 0.25) is 0 Å². The lowest BCUT2D eigenvalue weighted by Crippen LogP contribution is -2.41. The van der Waals surface area contributed by atoms with E-state index in [1.54, 1.807) is 9.80 Å². The van der Waals surface area contributed by atoms with Gasteiger partial charge in [-0.15, -0.1) is 0 Å². The maximum absolute atomic E-state index is 13.4. The van der Waals surface area contributed by atoms with Crippen LogP contribution in [0.1, 0.15) is 5.56 Å². The fourth-order valence-corrected chi connectivity index (χ4v) is 4.19. The Morgan fingerprint density at radius 2 is 1.83 bits per heavy atom. The van der Waals surface area contributed by atoms with Crippen LogP contribution in [-0.2, 0) is 16.1 Å². The van der Waals surface area contributed by atoms with Gasteiger partial charge in [0.15, 0.2) is 0 Å². The van der Waals surface area contributed by atoms with E-state index >= 15 is 0 Å². The van der Waals surface area contributed by atoms with Gasteiger partial charge < -0.3 is 19.9 Å². The molecule has 0 aromatic heterocycles. The van der Waals surface area contributed by atoms with Crippen molar-refractivity contribution in [2.75, 3.05) is 25.5 Å². The number of nitrogens with one attached hydrogen (secondary N) is 1. The number of urea groups is 1. The summed E-state index contributed by atoms with van der Waals surface area (Å²) in [5, 5.41) is 2.53. The standard InChI is InChI=1S/C21H21F2N3O3/c1-29-19-17-11-25(21(28)24-16-8-14(22)7-15(23)9-16)12-18(17)26(20(19)27)10-13-5-3-2-4-6-13/h2-9,17-19H,10-12H2,1H3,(H,24,28)/t17-,18+,19-/m0/s1. The predicted octanol–water partition coefficient (Wildman–Crippen LogP) is 2.85. The Morgan fingerprint density at radius 3 is 2.48 bits per heavy atom. The van der Waals surface area contributed by atoms with Crippen molar-refractivity contribution < 1.29 is 23.1 Å². The average Bonchev–Trinajstić information content (AvgIpc) is 3.20. The Labute approximate surface area is 167 Å². The smallest absolute Gasteiger partial charge is 0.321 e. The number of hydrogen-bond donors (Lipinski definition) is 1. The van der Waals surface area contributed by atoms with E-state index in [9.17, 15) is 18.4 Å². The third-order valence-electron chi connectivity index (χ3n) is 5.50. The third kappa shape index (κ3) is 3.80. The van der Waals surface area contributed by atoms with Gasteiger partial charge in [0, 0.05) is 44.4 Å². The Bertz CT molecular complexity index is 904. The molecule has 2 aliphatic heterocycles. The molecular formula is C21H21F2N3O3. The van der Waals surface area contributed by atoms with Gasteiger partial charge in [-0.05, 0) is 17.7 Å². The maximum atomic E-state index is 13.4. The highest BCUT2D eigenvalue weighted by atomic mass is 19.1. The van der Waals surface area contributed by atoms with E-state index in [2.05, 4.69) is 5.32 Å². The number of anilines is 1. The summed E-state index contributed by atoms with van der Waals surface area (Å²) >= 11 is 0. The SMILES string of the molecule is CO[C@@H]1C(=O)N(Cc2ccccc2)[C@@H]2CN(C(=O)Nc3cc(F)cc(F)c3)C[C@H]12. The molecule has 0 aliphatic carbocycles. The molecule has 6 nitrogen and oxygen atoms in total. The van der Waals surface area contributed by atoms with Crippen LogP contribution in [0.3, 0.4) is 0 Å². The van der Waals surface area contributed by atoms with Crippen LogP contribution in [0.4, 0.5) is 19.3 Å². The molecule has 0 radical (unpaired) electrons. The van der Waals surface area contributed by atoms with Gasteiger partial charge in [-0.3, -0.25) is 4.79 Å². The summed E-state index contributed by atoms with van der Waals surface area (Å²) in [7, 11) is 1.49.